The van der Waals surface area contributed by atoms with Crippen molar-refractivity contribution in [1.82, 2.24) is 4.90 Å². The Morgan fingerprint density at radius 3 is 2.26 bits per heavy atom. The summed E-state index contributed by atoms with van der Waals surface area (Å²) in [6, 6.07) is 7.90. The lowest BCUT2D eigenvalue weighted by molar-refractivity contribution is 0.0961. The summed E-state index contributed by atoms with van der Waals surface area (Å²) in [7, 11) is 0. The van der Waals surface area contributed by atoms with Crippen LogP contribution < -0.4 is 4.90 Å². The molecule has 3 N–H and O–H groups in total. The fourth-order valence-electron chi connectivity index (χ4n) is 3.12. The first kappa shape index (κ1) is 19.6. The molecule has 1 fully saturated rings. The Bertz CT molecular complexity index is 829. The van der Waals surface area contributed by atoms with Crippen LogP contribution in [0.15, 0.2) is 30.3 Å². The number of benzene rings is 2. The van der Waals surface area contributed by atoms with Crippen LogP contribution in [-0.4, -0.2) is 58.7 Å². The summed E-state index contributed by atoms with van der Waals surface area (Å²) in [5, 5.41) is 29.5. The van der Waals surface area contributed by atoms with Gasteiger partial charge in [0.05, 0.1) is 15.7 Å². The number of piperazine rings is 1. The summed E-state index contributed by atoms with van der Waals surface area (Å²) >= 11 is 12.4. The van der Waals surface area contributed by atoms with Gasteiger partial charge in [0.25, 0.3) is 0 Å². The van der Waals surface area contributed by atoms with E-state index in [1.165, 1.54) is 0 Å². The van der Waals surface area contributed by atoms with Gasteiger partial charge in [0, 0.05) is 44.7 Å². The van der Waals surface area contributed by atoms with E-state index in [4.69, 9.17) is 23.2 Å². The largest absolute Gasteiger partial charge is 0.504 e. The predicted molar refractivity (Wildman–Crippen MR) is 105 cm³/mol. The third kappa shape index (κ3) is 4.40. The zero-order chi connectivity index (χ0) is 19.6. The van der Waals surface area contributed by atoms with E-state index in [0.29, 0.717) is 16.6 Å². The number of anilines is 1. The second-order valence-corrected chi connectivity index (χ2v) is 7.22. The predicted octanol–water partition coefficient (Wildman–Crippen LogP) is 3.51. The number of phenols is 3. The van der Waals surface area contributed by atoms with Crippen molar-refractivity contribution in [1.29, 1.82) is 0 Å². The molecule has 2 aromatic rings. The molecule has 3 rings (SSSR count). The van der Waals surface area contributed by atoms with E-state index in [9.17, 15) is 20.1 Å². The van der Waals surface area contributed by atoms with Crippen molar-refractivity contribution in [3.63, 3.8) is 0 Å². The van der Waals surface area contributed by atoms with E-state index in [-0.39, 0.29) is 17.8 Å². The van der Waals surface area contributed by atoms with Crippen molar-refractivity contribution in [2.24, 2.45) is 0 Å². The van der Waals surface area contributed by atoms with Gasteiger partial charge in [-0.05, 0) is 24.3 Å². The van der Waals surface area contributed by atoms with Gasteiger partial charge in [-0.1, -0.05) is 29.3 Å². The average Bonchev–Trinajstić information content (AvgIpc) is 2.66. The monoisotopic (exact) mass is 410 g/mol. The van der Waals surface area contributed by atoms with Gasteiger partial charge in [0.15, 0.2) is 23.0 Å². The number of rotatable bonds is 5. The zero-order valence-electron chi connectivity index (χ0n) is 14.5. The van der Waals surface area contributed by atoms with Gasteiger partial charge in [-0.2, -0.15) is 0 Å². The molecular weight excluding hydrogens is 391 g/mol. The number of ketones is 1. The van der Waals surface area contributed by atoms with Crippen LogP contribution in [0.4, 0.5) is 5.69 Å². The molecule has 0 aromatic heterocycles. The minimum absolute atomic E-state index is 0.173. The molecule has 0 atom stereocenters. The number of nitrogens with zero attached hydrogens (tertiary/aromatic N) is 2. The Hall–Kier alpha value is -2.15. The van der Waals surface area contributed by atoms with Gasteiger partial charge >= 0.3 is 0 Å². The topological polar surface area (TPSA) is 84.2 Å². The highest BCUT2D eigenvalue weighted by Crippen LogP contribution is 2.36. The molecule has 144 valence electrons. The molecule has 0 radical (unpaired) electrons. The van der Waals surface area contributed by atoms with E-state index in [1.807, 2.05) is 12.1 Å². The number of halogens is 2. The molecule has 6 nitrogen and oxygen atoms in total. The first-order chi connectivity index (χ1) is 12.9. The van der Waals surface area contributed by atoms with Crippen LogP contribution in [0.3, 0.4) is 0 Å². The van der Waals surface area contributed by atoms with Crippen molar-refractivity contribution in [3.8, 4) is 17.2 Å². The molecule has 1 aliphatic rings. The van der Waals surface area contributed by atoms with Crippen LogP contribution in [-0.2, 0) is 0 Å². The van der Waals surface area contributed by atoms with Gasteiger partial charge in [0.1, 0.15) is 0 Å². The van der Waals surface area contributed by atoms with Gasteiger partial charge in [-0.3, -0.25) is 9.69 Å². The standard InChI is InChI=1S/C19H20Cl2N2O4/c20-13-2-1-3-14(18(13)21)23-8-6-22(7-9-23)5-4-15(24)12-10-16(25)19(27)17(26)11-12/h1-3,10-11,25-27H,4-9H2. The van der Waals surface area contributed by atoms with Crippen LogP contribution in [0.5, 0.6) is 17.2 Å². The van der Waals surface area contributed by atoms with Gasteiger partial charge in [-0.15, -0.1) is 0 Å². The van der Waals surface area contributed by atoms with Crippen molar-refractivity contribution >= 4 is 34.7 Å². The number of hydrogen-bond acceptors (Lipinski definition) is 6. The average molecular weight is 411 g/mol. The molecule has 0 spiro atoms. The second-order valence-electron chi connectivity index (χ2n) is 6.44. The van der Waals surface area contributed by atoms with Crippen molar-refractivity contribution in [2.45, 2.75) is 6.42 Å². The molecule has 0 bridgehead atoms. The molecule has 0 unspecified atom stereocenters. The molecule has 27 heavy (non-hydrogen) atoms. The third-order valence-corrected chi connectivity index (χ3v) is 5.50. The number of phenolic OH excluding ortho intramolecular Hbond substituents is 3. The highest BCUT2D eigenvalue weighted by molar-refractivity contribution is 6.43. The summed E-state index contributed by atoms with van der Waals surface area (Å²) < 4.78 is 0. The SMILES string of the molecule is O=C(CCN1CCN(c2cccc(Cl)c2Cl)CC1)c1cc(O)c(O)c(O)c1. The molecular formula is C19H20Cl2N2O4. The molecule has 1 heterocycles. The summed E-state index contributed by atoms with van der Waals surface area (Å²) in [6.07, 6.45) is 0.252. The normalized spacial score (nSPS) is 15.1. The van der Waals surface area contributed by atoms with E-state index in [0.717, 1.165) is 44.0 Å². The second kappa shape index (κ2) is 8.25. The van der Waals surface area contributed by atoms with E-state index in [2.05, 4.69) is 9.80 Å². The molecule has 0 amide bonds. The molecule has 2 aromatic carbocycles. The highest BCUT2D eigenvalue weighted by atomic mass is 35.5. The number of carbonyl (C=O) groups is 1. The number of Topliss-reactive ketones (excluding diaryl/α,β-unsaturated/α-hetero) is 1. The maximum Gasteiger partial charge on any atom is 0.200 e. The lowest BCUT2D eigenvalue weighted by Gasteiger charge is -2.36. The molecule has 1 saturated heterocycles. The van der Waals surface area contributed by atoms with Crippen LogP contribution in [0.1, 0.15) is 16.8 Å². The zero-order valence-corrected chi connectivity index (χ0v) is 16.0. The highest BCUT2D eigenvalue weighted by Gasteiger charge is 2.21. The maximum atomic E-state index is 12.3. The fraction of sp³-hybridized carbons (Fsp3) is 0.316. The minimum Gasteiger partial charge on any atom is -0.504 e. The quantitative estimate of drug-likeness (QED) is 0.516. The fourth-order valence-corrected chi connectivity index (χ4v) is 3.53. The minimum atomic E-state index is -0.623. The third-order valence-electron chi connectivity index (χ3n) is 4.69. The van der Waals surface area contributed by atoms with Crippen LogP contribution in [0, 0.1) is 0 Å². The molecule has 0 saturated carbocycles. The Morgan fingerprint density at radius 2 is 1.63 bits per heavy atom. The Balaban J connectivity index is 1.54. The number of carbonyl (C=O) groups excluding carboxylic acids is 1. The first-order valence-corrected chi connectivity index (χ1v) is 9.32. The van der Waals surface area contributed by atoms with Gasteiger partial charge < -0.3 is 20.2 Å². The molecule has 0 aliphatic carbocycles. The van der Waals surface area contributed by atoms with Crippen molar-refractivity contribution in [2.75, 3.05) is 37.6 Å². The van der Waals surface area contributed by atoms with Crippen molar-refractivity contribution < 1.29 is 20.1 Å². The lowest BCUT2D eigenvalue weighted by Crippen LogP contribution is -2.47. The lowest BCUT2D eigenvalue weighted by atomic mass is 10.1. The first-order valence-electron chi connectivity index (χ1n) is 8.56. The Kier molecular flexibility index (Phi) is 5.99. The maximum absolute atomic E-state index is 12.3. The number of hydrogen-bond donors (Lipinski definition) is 3. The molecule has 1 aliphatic heterocycles. The summed E-state index contributed by atoms with van der Waals surface area (Å²) in [6.45, 7) is 3.67. The van der Waals surface area contributed by atoms with E-state index >= 15 is 0 Å². The van der Waals surface area contributed by atoms with Crippen molar-refractivity contribution in [3.05, 3.63) is 45.9 Å². The summed E-state index contributed by atoms with van der Waals surface area (Å²) in [5.74, 6) is -1.85. The van der Waals surface area contributed by atoms with E-state index in [1.54, 1.807) is 6.07 Å². The van der Waals surface area contributed by atoms with Gasteiger partial charge in [-0.25, -0.2) is 0 Å². The Labute approximate surface area is 167 Å². The van der Waals surface area contributed by atoms with Crippen LogP contribution in [0.25, 0.3) is 0 Å². The van der Waals surface area contributed by atoms with Crippen LogP contribution in [0.2, 0.25) is 10.0 Å². The summed E-state index contributed by atoms with van der Waals surface area (Å²) in [5.41, 5.74) is 1.09. The van der Waals surface area contributed by atoms with Gasteiger partial charge in [0.2, 0.25) is 0 Å². The Morgan fingerprint density at radius 1 is 1.00 bits per heavy atom. The van der Waals surface area contributed by atoms with Crippen LogP contribution >= 0.6 is 23.2 Å². The smallest absolute Gasteiger partial charge is 0.200 e. The van der Waals surface area contributed by atoms with E-state index < -0.39 is 17.2 Å². The number of aromatic hydroxyl groups is 3. The molecule has 8 heteroatoms. The summed E-state index contributed by atoms with van der Waals surface area (Å²) in [4.78, 5) is 16.6.